The van der Waals surface area contributed by atoms with E-state index in [-0.39, 0.29) is 11.8 Å². The Labute approximate surface area is 152 Å². The number of nitrogens with zero attached hydrogens (tertiary/aromatic N) is 2. The fraction of sp³-hybridized carbons (Fsp3) is 0.300. The predicted octanol–water partition coefficient (Wildman–Crippen LogP) is 3.62. The molecular formula is C20H22N2O2S. The number of carbonyl (C=O) groups excluding carboxylic acids is 2. The van der Waals surface area contributed by atoms with Crippen LogP contribution in [0.1, 0.15) is 32.1 Å². The van der Waals surface area contributed by atoms with Gasteiger partial charge in [-0.25, -0.2) is 0 Å². The van der Waals surface area contributed by atoms with Gasteiger partial charge in [-0.2, -0.15) is 0 Å². The molecule has 0 atom stereocenters. The maximum atomic E-state index is 12.6. The third-order valence-corrected chi connectivity index (χ3v) is 5.32. The van der Waals surface area contributed by atoms with Crippen LogP contribution in [0.2, 0.25) is 0 Å². The molecule has 3 rings (SSSR count). The smallest absolute Gasteiger partial charge is 0.254 e. The minimum Gasteiger partial charge on any atom is -0.334 e. The second kappa shape index (κ2) is 7.66. The molecule has 130 valence electrons. The van der Waals surface area contributed by atoms with E-state index in [9.17, 15) is 9.59 Å². The molecule has 0 N–H and O–H groups in total. The van der Waals surface area contributed by atoms with Gasteiger partial charge in [0.05, 0.1) is 6.54 Å². The van der Waals surface area contributed by atoms with E-state index < -0.39 is 0 Å². The average molecular weight is 354 g/mol. The second-order valence-electron chi connectivity index (χ2n) is 6.21. The number of amides is 2. The van der Waals surface area contributed by atoms with Crippen molar-refractivity contribution < 1.29 is 9.59 Å². The number of thiophene rings is 1. The highest BCUT2D eigenvalue weighted by molar-refractivity contribution is 7.11. The topological polar surface area (TPSA) is 40.6 Å². The molecule has 0 spiro atoms. The Hall–Kier alpha value is -2.40. The van der Waals surface area contributed by atoms with E-state index in [1.54, 1.807) is 27.2 Å². The van der Waals surface area contributed by atoms with Gasteiger partial charge in [-0.1, -0.05) is 24.3 Å². The summed E-state index contributed by atoms with van der Waals surface area (Å²) in [5.74, 6) is 0.0715. The number of aryl methyl sites for hydroxylation is 1. The van der Waals surface area contributed by atoms with Crippen LogP contribution < -0.4 is 0 Å². The summed E-state index contributed by atoms with van der Waals surface area (Å²) in [6, 6.07) is 11.8. The van der Waals surface area contributed by atoms with Gasteiger partial charge < -0.3 is 9.80 Å². The van der Waals surface area contributed by atoms with E-state index in [1.165, 1.54) is 4.88 Å². The maximum Gasteiger partial charge on any atom is 0.254 e. The van der Waals surface area contributed by atoms with E-state index in [2.05, 4.69) is 25.6 Å². The van der Waals surface area contributed by atoms with Crippen molar-refractivity contribution in [2.75, 3.05) is 13.1 Å². The van der Waals surface area contributed by atoms with Crippen molar-refractivity contribution in [3.05, 3.63) is 69.9 Å². The molecule has 2 aromatic rings. The minimum absolute atomic E-state index is 0.0209. The van der Waals surface area contributed by atoms with E-state index in [0.29, 0.717) is 32.6 Å². The third kappa shape index (κ3) is 3.99. The molecule has 0 saturated carbocycles. The number of benzene rings is 1. The van der Waals surface area contributed by atoms with Gasteiger partial charge in [-0.05, 0) is 30.7 Å². The summed E-state index contributed by atoms with van der Waals surface area (Å²) < 4.78 is 0. The Balaban J connectivity index is 1.59. The van der Waals surface area contributed by atoms with Crippen LogP contribution in [0.4, 0.5) is 0 Å². The summed E-state index contributed by atoms with van der Waals surface area (Å²) in [5.41, 5.74) is 1.80. The Morgan fingerprint density at radius 1 is 1.32 bits per heavy atom. The second-order valence-corrected chi connectivity index (χ2v) is 7.58. The lowest BCUT2D eigenvalue weighted by Gasteiger charge is -2.22. The molecule has 25 heavy (non-hydrogen) atoms. The van der Waals surface area contributed by atoms with Gasteiger partial charge in [-0.15, -0.1) is 17.9 Å². The molecule has 1 aromatic heterocycles. The molecule has 0 aliphatic carbocycles. The third-order valence-electron chi connectivity index (χ3n) is 4.34. The summed E-state index contributed by atoms with van der Waals surface area (Å²) in [5, 5.41) is 0. The van der Waals surface area contributed by atoms with E-state index in [4.69, 9.17) is 0 Å². The zero-order valence-electron chi connectivity index (χ0n) is 14.4. The predicted molar refractivity (Wildman–Crippen MR) is 100 cm³/mol. The summed E-state index contributed by atoms with van der Waals surface area (Å²) in [4.78, 5) is 31.0. The Morgan fingerprint density at radius 2 is 2.12 bits per heavy atom. The van der Waals surface area contributed by atoms with Crippen molar-refractivity contribution >= 4 is 23.2 Å². The number of fused-ring (bicyclic) bond motifs is 1. The van der Waals surface area contributed by atoms with Crippen LogP contribution in [-0.4, -0.2) is 34.7 Å². The first-order valence-corrected chi connectivity index (χ1v) is 9.21. The molecule has 2 amide bonds. The minimum atomic E-state index is 0.0209. The van der Waals surface area contributed by atoms with Crippen LogP contribution in [0.5, 0.6) is 0 Å². The van der Waals surface area contributed by atoms with Crippen LogP contribution >= 0.6 is 11.3 Å². The monoisotopic (exact) mass is 354 g/mol. The van der Waals surface area contributed by atoms with Crippen LogP contribution in [0, 0.1) is 6.92 Å². The van der Waals surface area contributed by atoms with E-state index >= 15 is 0 Å². The first-order valence-electron chi connectivity index (χ1n) is 8.39. The molecule has 2 heterocycles. The van der Waals surface area contributed by atoms with Gasteiger partial charge in [0, 0.05) is 41.4 Å². The largest absolute Gasteiger partial charge is 0.334 e. The zero-order chi connectivity index (χ0) is 17.8. The lowest BCUT2D eigenvalue weighted by atomic mass is 10.1. The molecule has 0 bridgehead atoms. The molecule has 0 radical (unpaired) electrons. The first-order chi connectivity index (χ1) is 12.1. The first kappa shape index (κ1) is 17.4. The number of rotatable bonds is 7. The number of hydrogen-bond acceptors (Lipinski definition) is 3. The summed E-state index contributed by atoms with van der Waals surface area (Å²) in [7, 11) is 0. The van der Waals surface area contributed by atoms with Gasteiger partial charge in [0.25, 0.3) is 5.91 Å². The lowest BCUT2D eigenvalue weighted by Crippen LogP contribution is -2.34. The van der Waals surface area contributed by atoms with Crippen molar-refractivity contribution in [2.24, 2.45) is 0 Å². The van der Waals surface area contributed by atoms with Crippen LogP contribution in [-0.2, 0) is 17.9 Å². The molecule has 1 aliphatic rings. The zero-order valence-corrected chi connectivity index (χ0v) is 15.2. The summed E-state index contributed by atoms with van der Waals surface area (Å²) in [6.45, 7) is 7.96. The van der Waals surface area contributed by atoms with Gasteiger partial charge in [0.2, 0.25) is 5.91 Å². The molecule has 1 aliphatic heterocycles. The molecule has 5 heteroatoms. The molecule has 0 fully saturated rings. The SMILES string of the molecule is C=CCN(Cc1ccc(C)s1)C(=O)CCN1Cc2ccccc2C1=O. The summed E-state index contributed by atoms with van der Waals surface area (Å²) in [6.07, 6.45) is 2.08. The average Bonchev–Trinajstić information content (AvgIpc) is 3.16. The summed E-state index contributed by atoms with van der Waals surface area (Å²) >= 11 is 1.70. The number of carbonyl (C=O) groups is 2. The highest BCUT2D eigenvalue weighted by atomic mass is 32.1. The van der Waals surface area contributed by atoms with Crippen molar-refractivity contribution in [1.82, 2.24) is 9.80 Å². The normalized spacial score (nSPS) is 13.0. The highest BCUT2D eigenvalue weighted by Crippen LogP contribution is 2.23. The van der Waals surface area contributed by atoms with Crippen molar-refractivity contribution in [3.63, 3.8) is 0 Å². The van der Waals surface area contributed by atoms with Gasteiger partial charge in [-0.3, -0.25) is 9.59 Å². The van der Waals surface area contributed by atoms with Crippen molar-refractivity contribution in [2.45, 2.75) is 26.4 Å². The quantitative estimate of drug-likeness (QED) is 0.713. The molecule has 1 aromatic carbocycles. The molecule has 0 unspecified atom stereocenters. The Bertz CT molecular complexity index is 796. The maximum absolute atomic E-state index is 12.6. The number of hydrogen-bond donors (Lipinski definition) is 0. The standard InChI is InChI=1S/C20H22N2O2S/c1-3-11-21(14-17-9-8-15(2)25-17)19(23)10-12-22-13-16-6-4-5-7-18(16)20(22)24/h3-9H,1,10-14H2,2H3. The van der Waals surface area contributed by atoms with Crippen molar-refractivity contribution in [1.29, 1.82) is 0 Å². The van der Waals surface area contributed by atoms with Gasteiger partial charge in [0.15, 0.2) is 0 Å². The van der Waals surface area contributed by atoms with Crippen molar-refractivity contribution in [3.8, 4) is 0 Å². The Kier molecular flexibility index (Phi) is 5.34. The Morgan fingerprint density at radius 3 is 2.80 bits per heavy atom. The fourth-order valence-corrected chi connectivity index (χ4v) is 3.96. The van der Waals surface area contributed by atoms with E-state index in [1.807, 2.05) is 24.3 Å². The van der Waals surface area contributed by atoms with E-state index in [0.717, 1.165) is 16.0 Å². The molecule has 4 nitrogen and oxygen atoms in total. The highest BCUT2D eigenvalue weighted by Gasteiger charge is 2.27. The van der Waals surface area contributed by atoms with Crippen LogP contribution in [0.3, 0.4) is 0 Å². The fourth-order valence-electron chi connectivity index (χ4n) is 3.05. The van der Waals surface area contributed by atoms with Crippen LogP contribution in [0.15, 0.2) is 49.1 Å². The van der Waals surface area contributed by atoms with Crippen LogP contribution in [0.25, 0.3) is 0 Å². The molecule has 0 saturated heterocycles. The van der Waals surface area contributed by atoms with Gasteiger partial charge >= 0.3 is 0 Å². The lowest BCUT2D eigenvalue weighted by molar-refractivity contribution is -0.131. The van der Waals surface area contributed by atoms with Gasteiger partial charge in [0.1, 0.15) is 0 Å². The molecular weight excluding hydrogens is 332 g/mol.